The third-order valence-corrected chi connectivity index (χ3v) is 2.39. The van der Waals surface area contributed by atoms with Crippen molar-refractivity contribution in [3.8, 4) is 12.3 Å². The van der Waals surface area contributed by atoms with Gasteiger partial charge in [-0.05, 0) is 0 Å². The van der Waals surface area contributed by atoms with Crippen LogP contribution in [-0.2, 0) is 9.53 Å². The first-order valence-electron chi connectivity index (χ1n) is 4.78. The van der Waals surface area contributed by atoms with Crippen LogP contribution in [0.15, 0.2) is 0 Å². The minimum Gasteiger partial charge on any atom is -0.383 e. The maximum absolute atomic E-state index is 11.2. The van der Waals surface area contributed by atoms with Gasteiger partial charge in [-0.15, -0.1) is 18.2 Å². The number of carbonyl (C=O) groups excluding carboxylic acids is 1. The Morgan fingerprint density at radius 3 is 3.00 bits per heavy atom. The molecule has 0 aromatic rings. The molecule has 0 rings (SSSR count). The first-order chi connectivity index (χ1) is 7.31. The van der Waals surface area contributed by atoms with Gasteiger partial charge in [0, 0.05) is 26.0 Å². The molecule has 0 aliphatic carbocycles. The van der Waals surface area contributed by atoms with Crippen molar-refractivity contribution in [2.24, 2.45) is 0 Å². The highest BCUT2D eigenvalue weighted by atomic mass is 32.2. The minimum absolute atomic E-state index is 0.00686. The maximum Gasteiger partial charge on any atom is 0.233 e. The summed E-state index contributed by atoms with van der Waals surface area (Å²) in [7, 11) is 1.63. The molecule has 0 bridgehead atoms. The molecule has 0 aliphatic heterocycles. The summed E-state index contributed by atoms with van der Waals surface area (Å²) in [5.74, 6) is 4.09. The van der Waals surface area contributed by atoms with Gasteiger partial charge in [0.2, 0.25) is 5.91 Å². The quantitative estimate of drug-likeness (QED) is 0.422. The second-order valence-electron chi connectivity index (χ2n) is 2.78. The third-order valence-electron chi connectivity index (χ3n) is 1.52. The van der Waals surface area contributed by atoms with E-state index in [0.717, 1.165) is 5.75 Å². The first-order valence-corrected chi connectivity index (χ1v) is 5.94. The van der Waals surface area contributed by atoms with Gasteiger partial charge in [-0.3, -0.25) is 4.79 Å². The van der Waals surface area contributed by atoms with E-state index in [-0.39, 0.29) is 5.91 Å². The van der Waals surface area contributed by atoms with Gasteiger partial charge < -0.3 is 15.4 Å². The Bertz CT molecular complexity index is 204. The molecule has 0 saturated carbocycles. The average molecular weight is 230 g/mol. The van der Waals surface area contributed by atoms with Crippen LogP contribution in [0.3, 0.4) is 0 Å². The summed E-state index contributed by atoms with van der Waals surface area (Å²) >= 11 is 1.64. The second-order valence-corrected chi connectivity index (χ2v) is 3.88. The first kappa shape index (κ1) is 14.3. The van der Waals surface area contributed by atoms with Gasteiger partial charge >= 0.3 is 0 Å². The maximum atomic E-state index is 11.2. The van der Waals surface area contributed by atoms with Crippen LogP contribution in [0.5, 0.6) is 0 Å². The molecule has 0 radical (unpaired) electrons. The summed E-state index contributed by atoms with van der Waals surface area (Å²) < 4.78 is 4.83. The molecule has 0 saturated heterocycles. The van der Waals surface area contributed by atoms with Gasteiger partial charge in [-0.25, -0.2) is 0 Å². The molecule has 86 valence electrons. The fourth-order valence-electron chi connectivity index (χ4n) is 0.832. The Kier molecular flexibility index (Phi) is 10.8. The van der Waals surface area contributed by atoms with Crippen LogP contribution in [0.2, 0.25) is 0 Å². The molecule has 2 N–H and O–H groups in total. The average Bonchev–Trinajstić information content (AvgIpc) is 2.24. The van der Waals surface area contributed by atoms with Crippen molar-refractivity contribution in [3.05, 3.63) is 0 Å². The van der Waals surface area contributed by atoms with E-state index < -0.39 is 0 Å². The zero-order valence-corrected chi connectivity index (χ0v) is 9.86. The Labute approximate surface area is 95.5 Å². The molecule has 0 atom stereocenters. The lowest BCUT2D eigenvalue weighted by Crippen LogP contribution is -2.36. The normalized spacial score (nSPS) is 9.60. The summed E-state index contributed by atoms with van der Waals surface area (Å²) in [6.45, 7) is 2.31. The van der Waals surface area contributed by atoms with E-state index in [1.807, 2.05) is 0 Å². The molecule has 0 fully saturated rings. The Balaban J connectivity index is 3.16. The summed E-state index contributed by atoms with van der Waals surface area (Å²) in [5.41, 5.74) is 0. The van der Waals surface area contributed by atoms with E-state index in [4.69, 9.17) is 11.2 Å². The lowest BCUT2D eigenvalue weighted by atomic mass is 10.5. The van der Waals surface area contributed by atoms with Crippen molar-refractivity contribution in [2.45, 2.75) is 0 Å². The van der Waals surface area contributed by atoms with Crippen molar-refractivity contribution in [1.82, 2.24) is 10.6 Å². The molecule has 4 nitrogen and oxygen atoms in total. The highest BCUT2D eigenvalue weighted by molar-refractivity contribution is 7.99. The molecule has 1 amide bonds. The molecular formula is C10H18N2O2S. The molecule has 0 aromatic heterocycles. The van der Waals surface area contributed by atoms with Gasteiger partial charge in [-0.1, -0.05) is 5.92 Å². The Morgan fingerprint density at radius 1 is 1.53 bits per heavy atom. The third kappa shape index (κ3) is 11.2. The lowest BCUT2D eigenvalue weighted by Gasteiger charge is -2.05. The number of thioether (sulfide) groups is 1. The van der Waals surface area contributed by atoms with E-state index in [1.54, 1.807) is 18.9 Å². The van der Waals surface area contributed by atoms with Crippen LogP contribution in [0.4, 0.5) is 0 Å². The molecule has 0 unspecified atom stereocenters. The number of nitrogens with one attached hydrogen (secondary N) is 2. The number of carbonyl (C=O) groups is 1. The van der Waals surface area contributed by atoms with Crippen LogP contribution >= 0.6 is 11.8 Å². The van der Waals surface area contributed by atoms with E-state index in [2.05, 4.69) is 16.6 Å². The highest BCUT2D eigenvalue weighted by Gasteiger charge is 1.98. The number of methoxy groups -OCH3 is 1. The summed E-state index contributed by atoms with van der Waals surface area (Å²) in [6.07, 6.45) is 5.08. The number of terminal acetylenes is 1. The van der Waals surface area contributed by atoms with Crippen LogP contribution in [-0.4, -0.2) is 50.8 Å². The highest BCUT2D eigenvalue weighted by Crippen LogP contribution is 1.94. The van der Waals surface area contributed by atoms with Crippen LogP contribution in [0, 0.1) is 12.3 Å². The van der Waals surface area contributed by atoms with Crippen molar-refractivity contribution >= 4 is 17.7 Å². The van der Waals surface area contributed by atoms with Crippen LogP contribution < -0.4 is 10.6 Å². The van der Waals surface area contributed by atoms with E-state index in [9.17, 15) is 4.79 Å². The van der Waals surface area contributed by atoms with Crippen molar-refractivity contribution in [1.29, 1.82) is 0 Å². The fourth-order valence-corrected chi connectivity index (χ4v) is 1.34. The van der Waals surface area contributed by atoms with Crippen LogP contribution in [0.1, 0.15) is 0 Å². The van der Waals surface area contributed by atoms with Gasteiger partial charge in [0.25, 0.3) is 0 Å². The van der Waals surface area contributed by atoms with Crippen molar-refractivity contribution in [3.63, 3.8) is 0 Å². The van der Waals surface area contributed by atoms with Crippen molar-refractivity contribution < 1.29 is 9.53 Å². The smallest absolute Gasteiger partial charge is 0.233 e. The Hall–Kier alpha value is -0.700. The monoisotopic (exact) mass is 230 g/mol. The second kappa shape index (κ2) is 11.4. The molecule has 5 heteroatoms. The topological polar surface area (TPSA) is 50.4 Å². The molecule has 0 aromatic carbocycles. The fraction of sp³-hybridized carbons (Fsp3) is 0.700. The molecule has 0 heterocycles. The number of amides is 1. The van der Waals surface area contributed by atoms with Gasteiger partial charge in [0.15, 0.2) is 0 Å². The zero-order chi connectivity index (χ0) is 11.4. The number of hydrogen-bond donors (Lipinski definition) is 2. The van der Waals surface area contributed by atoms with E-state index in [0.29, 0.717) is 32.0 Å². The summed E-state index contributed by atoms with van der Waals surface area (Å²) in [5, 5.41) is 5.75. The molecule has 0 spiro atoms. The lowest BCUT2D eigenvalue weighted by molar-refractivity contribution is -0.120. The SMILES string of the molecule is C#CCSCCNC(=O)CNCCOC. The van der Waals surface area contributed by atoms with Gasteiger partial charge in [0.05, 0.1) is 18.9 Å². The predicted molar refractivity (Wildman–Crippen MR) is 63.9 cm³/mol. The van der Waals surface area contributed by atoms with E-state index >= 15 is 0 Å². The number of rotatable bonds is 9. The summed E-state index contributed by atoms with van der Waals surface area (Å²) in [6, 6.07) is 0. The molecule has 0 aliphatic rings. The zero-order valence-electron chi connectivity index (χ0n) is 9.04. The van der Waals surface area contributed by atoms with Gasteiger partial charge in [0.1, 0.15) is 0 Å². The number of hydrogen-bond acceptors (Lipinski definition) is 4. The predicted octanol–water partition coefficient (Wildman–Crippen LogP) is -0.295. The molecular weight excluding hydrogens is 212 g/mol. The van der Waals surface area contributed by atoms with Crippen molar-refractivity contribution in [2.75, 3.05) is 44.9 Å². The standard InChI is InChI=1S/C10H18N2O2S/c1-3-7-15-8-5-12-10(13)9-11-4-6-14-2/h1,11H,4-9H2,2H3,(H,12,13). The van der Waals surface area contributed by atoms with E-state index in [1.165, 1.54) is 0 Å². The van der Waals surface area contributed by atoms with Gasteiger partial charge in [-0.2, -0.15) is 0 Å². The number of ether oxygens (including phenoxy) is 1. The Morgan fingerprint density at radius 2 is 2.33 bits per heavy atom. The largest absolute Gasteiger partial charge is 0.383 e. The van der Waals surface area contributed by atoms with Crippen LogP contribution in [0.25, 0.3) is 0 Å². The molecule has 15 heavy (non-hydrogen) atoms. The minimum atomic E-state index is 0.00686. The summed E-state index contributed by atoms with van der Waals surface area (Å²) in [4.78, 5) is 11.2.